The number of aromatic nitrogens is 1. The number of hydrogen-bond donors (Lipinski definition) is 1. The molecule has 1 saturated heterocycles. The highest BCUT2D eigenvalue weighted by atomic mass is 35.5. The number of hydrogen-bond acceptors (Lipinski definition) is 5. The molecule has 3 rings (SSSR count). The number of imide groups is 1. The highest BCUT2D eigenvalue weighted by Crippen LogP contribution is 2.26. The lowest BCUT2D eigenvalue weighted by Crippen LogP contribution is -2.30. The van der Waals surface area contributed by atoms with E-state index in [-0.39, 0.29) is 43.5 Å². The number of anilines is 1. The van der Waals surface area contributed by atoms with Crippen LogP contribution in [-0.4, -0.2) is 34.2 Å². The summed E-state index contributed by atoms with van der Waals surface area (Å²) in [6, 6.07) is 5.45. The fourth-order valence-corrected chi connectivity index (χ4v) is 3.93. The van der Waals surface area contributed by atoms with Gasteiger partial charge in [0, 0.05) is 43.3 Å². The van der Waals surface area contributed by atoms with Crippen LogP contribution in [-0.2, 0) is 20.8 Å². The van der Waals surface area contributed by atoms with Gasteiger partial charge < -0.3 is 5.32 Å². The molecule has 3 amide bonds. The molecule has 0 unspecified atom stereocenters. The van der Waals surface area contributed by atoms with Crippen molar-refractivity contribution in [2.75, 3.05) is 11.9 Å². The summed E-state index contributed by atoms with van der Waals surface area (Å²) < 4.78 is 0. The molecule has 2 aromatic rings. The van der Waals surface area contributed by atoms with Crippen molar-refractivity contribution in [2.45, 2.75) is 32.1 Å². The molecule has 0 atom stereocenters. The van der Waals surface area contributed by atoms with E-state index in [1.54, 1.807) is 12.3 Å². The Labute approximate surface area is 170 Å². The number of likely N-dealkylation sites (tertiary alicyclic amines) is 1. The fourth-order valence-electron chi connectivity index (χ4n) is 2.75. The van der Waals surface area contributed by atoms with E-state index in [0.717, 1.165) is 10.4 Å². The summed E-state index contributed by atoms with van der Waals surface area (Å²) in [5.74, 6) is -0.510. The molecule has 1 aliphatic heterocycles. The Balaban J connectivity index is 1.47. The number of amides is 3. The summed E-state index contributed by atoms with van der Waals surface area (Å²) in [7, 11) is 0. The molecule has 0 bridgehead atoms. The normalized spacial score (nSPS) is 14.1. The van der Waals surface area contributed by atoms with Crippen molar-refractivity contribution >= 4 is 57.4 Å². The van der Waals surface area contributed by atoms with Crippen LogP contribution in [0.3, 0.4) is 0 Å². The zero-order chi connectivity index (χ0) is 19.4. The van der Waals surface area contributed by atoms with E-state index in [0.29, 0.717) is 28.0 Å². The smallest absolute Gasteiger partial charge is 0.229 e. The lowest BCUT2D eigenvalue weighted by molar-refractivity contribution is -0.138. The average molecular weight is 426 g/mol. The number of carbonyl (C=O) groups is 3. The lowest BCUT2D eigenvalue weighted by Gasteiger charge is -2.12. The predicted molar refractivity (Wildman–Crippen MR) is 105 cm³/mol. The molecular weight excluding hydrogens is 409 g/mol. The largest absolute Gasteiger partial charge is 0.302 e. The molecule has 0 saturated carbocycles. The number of carbonyl (C=O) groups excluding carboxylic acids is 3. The van der Waals surface area contributed by atoms with E-state index < -0.39 is 0 Å². The Morgan fingerprint density at radius 2 is 1.93 bits per heavy atom. The maximum absolute atomic E-state index is 12.0. The van der Waals surface area contributed by atoms with E-state index in [1.165, 1.54) is 16.2 Å². The minimum atomic E-state index is -0.190. The molecule has 1 aromatic heterocycles. The van der Waals surface area contributed by atoms with Gasteiger partial charge >= 0.3 is 0 Å². The molecule has 6 nitrogen and oxygen atoms in total. The molecule has 1 aromatic carbocycles. The number of nitrogens with one attached hydrogen (secondary N) is 1. The van der Waals surface area contributed by atoms with E-state index in [4.69, 9.17) is 23.2 Å². The monoisotopic (exact) mass is 425 g/mol. The molecule has 9 heteroatoms. The van der Waals surface area contributed by atoms with Crippen molar-refractivity contribution in [1.82, 2.24) is 9.88 Å². The first-order chi connectivity index (χ1) is 12.9. The second-order valence-electron chi connectivity index (χ2n) is 6.15. The van der Waals surface area contributed by atoms with Gasteiger partial charge in [-0.25, -0.2) is 4.98 Å². The molecule has 0 aliphatic carbocycles. The van der Waals surface area contributed by atoms with Gasteiger partial charge in [-0.1, -0.05) is 29.3 Å². The van der Waals surface area contributed by atoms with E-state index in [9.17, 15) is 14.4 Å². The van der Waals surface area contributed by atoms with Crippen molar-refractivity contribution in [3.63, 3.8) is 0 Å². The summed E-state index contributed by atoms with van der Waals surface area (Å²) >= 11 is 13.3. The summed E-state index contributed by atoms with van der Waals surface area (Å²) in [5, 5.41) is 4.28. The predicted octanol–water partition coefficient (Wildman–Crippen LogP) is 3.91. The first-order valence-corrected chi connectivity index (χ1v) is 10.0. The van der Waals surface area contributed by atoms with Crippen LogP contribution in [0, 0.1) is 0 Å². The third-order valence-electron chi connectivity index (χ3n) is 4.10. The molecule has 27 heavy (non-hydrogen) atoms. The van der Waals surface area contributed by atoms with Gasteiger partial charge in [0.1, 0.15) is 0 Å². The van der Waals surface area contributed by atoms with E-state index in [2.05, 4.69) is 10.3 Å². The number of halogens is 2. The maximum Gasteiger partial charge on any atom is 0.229 e. The summed E-state index contributed by atoms with van der Waals surface area (Å²) in [5.41, 5.74) is 1.01. The van der Waals surface area contributed by atoms with Gasteiger partial charge in [-0.3, -0.25) is 19.3 Å². The highest BCUT2D eigenvalue weighted by Gasteiger charge is 2.28. The third kappa shape index (κ3) is 5.28. The van der Waals surface area contributed by atoms with Crippen LogP contribution in [0.25, 0.3) is 0 Å². The summed E-state index contributed by atoms with van der Waals surface area (Å²) in [4.78, 5) is 41.5. The van der Waals surface area contributed by atoms with Crippen molar-refractivity contribution in [3.8, 4) is 0 Å². The zero-order valence-electron chi connectivity index (χ0n) is 14.3. The Hall–Kier alpha value is -1.96. The van der Waals surface area contributed by atoms with Crippen LogP contribution in [0.4, 0.5) is 5.13 Å². The fraction of sp³-hybridized carbons (Fsp3) is 0.333. The molecule has 0 radical (unpaired) electrons. The number of nitrogens with zero attached hydrogens (tertiary/aromatic N) is 2. The number of benzene rings is 1. The second kappa shape index (κ2) is 8.82. The molecule has 1 aliphatic rings. The zero-order valence-corrected chi connectivity index (χ0v) is 16.7. The molecular formula is C18H17Cl2N3O3S. The van der Waals surface area contributed by atoms with Crippen molar-refractivity contribution < 1.29 is 14.4 Å². The van der Waals surface area contributed by atoms with E-state index >= 15 is 0 Å². The van der Waals surface area contributed by atoms with Crippen LogP contribution in [0.5, 0.6) is 0 Å². The molecule has 1 N–H and O–H groups in total. The standard InChI is InChI=1S/C18H17Cl2N3O3S/c19-13-4-3-11(9-14(13)20)8-12-10-21-18(27-12)22-15(24)2-1-7-23-16(25)5-6-17(23)26/h3-4,9-10H,1-2,5-8H2,(H,21,22,24). The van der Waals surface area contributed by atoms with Crippen molar-refractivity contribution in [2.24, 2.45) is 0 Å². The van der Waals surface area contributed by atoms with Crippen LogP contribution in [0.2, 0.25) is 10.0 Å². The van der Waals surface area contributed by atoms with Crippen LogP contribution < -0.4 is 5.32 Å². The van der Waals surface area contributed by atoms with Gasteiger partial charge in [0.25, 0.3) is 0 Å². The van der Waals surface area contributed by atoms with Crippen LogP contribution >= 0.6 is 34.5 Å². The van der Waals surface area contributed by atoms with Gasteiger partial charge in [0.15, 0.2) is 5.13 Å². The van der Waals surface area contributed by atoms with Gasteiger partial charge in [0.2, 0.25) is 17.7 Å². The Morgan fingerprint density at radius 3 is 2.63 bits per heavy atom. The Kier molecular flexibility index (Phi) is 6.46. The summed E-state index contributed by atoms with van der Waals surface area (Å²) in [6.07, 6.45) is 3.55. The number of thiazole rings is 1. The first kappa shape index (κ1) is 19.8. The SMILES string of the molecule is O=C(CCCN1C(=O)CCC1=O)Nc1ncc(Cc2ccc(Cl)c(Cl)c2)s1. The second-order valence-corrected chi connectivity index (χ2v) is 8.08. The topological polar surface area (TPSA) is 79.4 Å². The lowest BCUT2D eigenvalue weighted by atomic mass is 10.1. The minimum absolute atomic E-state index is 0.160. The van der Waals surface area contributed by atoms with Gasteiger partial charge in [0.05, 0.1) is 10.0 Å². The van der Waals surface area contributed by atoms with E-state index in [1.807, 2.05) is 12.1 Å². The summed E-state index contributed by atoms with van der Waals surface area (Å²) in [6.45, 7) is 0.283. The molecule has 142 valence electrons. The van der Waals surface area contributed by atoms with Gasteiger partial charge in [-0.05, 0) is 24.1 Å². The highest BCUT2D eigenvalue weighted by molar-refractivity contribution is 7.15. The van der Waals surface area contributed by atoms with Crippen molar-refractivity contribution in [3.05, 3.63) is 44.9 Å². The quantitative estimate of drug-likeness (QED) is 0.681. The third-order valence-corrected chi connectivity index (χ3v) is 5.75. The molecule has 2 heterocycles. The maximum atomic E-state index is 12.0. The van der Waals surface area contributed by atoms with Crippen LogP contribution in [0.1, 0.15) is 36.1 Å². The number of rotatable bonds is 7. The Bertz CT molecular complexity index is 868. The first-order valence-electron chi connectivity index (χ1n) is 8.44. The molecule has 0 spiro atoms. The van der Waals surface area contributed by atoms with Crippen LogP contribution in [0.15, 0.2) is 24.4 Å². The Morgan fingerprint density at radius 1 is 1.19 bits per heavy atom. The average Bonchev–Trinajstić information content (AvgIpc) is 3.19. The van der Waals surface area contributed by atoms with Crippen molar-refractivity contribution in [1.29, 1.82) is 0 Å². The van der Waals surface area contributed by atoms with Gasteiger partial charge in [-0.2, -0.15) is 0 Å². The molecule has 1 fully saturated rings. The van der Waals surface area contributed by atoms with Gasteiger partial charge in [-0.15, -0.1) is 11.3 Å². The minimum Gasteiger partial charge on any atom is -0.302 e.